The second kappa shape index (κ2) is 4.68. The first-order valence-corrected chi connectivity index (χ1v) is 5.47. The van der Waals surface area contributed by atoms with E-state index >= 15 is 0 Å². The molecule has 1 aliphatic rings. The van der Waals surface area contributed by atoms with Crippen molar-refractivity contribution in [1.29, 1.82) is 0 Å². The highest BCUT2D eigenvalue weighted by Gasteiger charge is 2.20. The van der Waals surface area contributed by atoms with E-state index in [9.17, 15) is 5.11 Å². The van der Waals surface area contributed by atoms with Crippen LogP contribution in [0.5, 0.6) is 0 Å². The predicted molar refractivity (Wildman–Crippen MR) is 57.1 cm³/mol. The minimum absolute atomic E-state index is 0.594. The first kappa shape index (κ1) is 10.5. The van der Waals surface area contributed by atoms with Crippen LogP contribution in [0.4, 0.5) is 0 Å². The maximum absolute atomic E-state index is 9.73. The summed E-state index contributed by atoms with van der Waals surface area (Å²) in [5.74, 6) is 0.883. The van der Waals surface area contributed by atoms with Gasteiger partial charge in [-0.05, 0) is 37.9 Å². The normalized spacial score (nSPS) is 17.7. The Morgan fingerprint density at radius 1 is 1.47 bits per heavy atom. The molecule has 1 heterocycles. The van der Waals surface area contributed by atoms with Gasteiger partial charge in [0.25, 0.3) is 0 Å². The summed E-state index contributed by atoms with van der Waals surface area (Å²) in [5.41, 5.74) is 1.46. The lowest BCUT2D eigenvalue weighted by molar-refractivity contribution is 0.133. The largest absolute Gasteiger partial charge is 0.373 e. The van der Waals surface area contributed by atoms with Gasteiger partial charge in [-0.3, -0.25) is 5.32 Å². The Balaban J connectivity index is 1.78. The van der Waals surface area contributed by atoms with E-state index in [4.69, 9.17) is 0 Å². The van der Waals surface area contributed by atoms with Crippen molar-refractivity contribution < 1.29 is 5.11 Å². The van der Waals surface area contributed by atoms with Gasteiger partial charge in [0.2, 0.25) is 0 Å². The van der Waals surface area contributed by atoms with Crippen molar-refractivity contribution in [2.45, 2.75) is 32.4 Å². The fraction of sp³-hybridized carbons (Fsp3) is 0.636. The van der Waals surface area contributed by atoms with E-state index in [1.165, 1.54) is 12.8 Å². The average molecular weight is 207 g/mol. The van der Waals surface area contributed by atoms with Crippen LogP contribution in [0, 0.1) is 12.8 Å². The maximum atomic E-state index is 9.73. The first-order valence-electron chi connectivity index (χ1n) is 5.47. The molecule has 0 aromatic carbocycles. The summed E-state index contributed by atoms with van der Waals surface area (Å²) < 4.78 is 0. The Kier molecular flexibility index (Phi) is 3.28. The van der Waals surface area contributed by atoms with Crippen molar-refractivity contribution in [3.05, 3.63) is 23.5 Å². The third-order valence-corrected chi connectivity index (χ3v) is 2.69. The van der Waals surface area contributed by atoms with Crippen LogP contribution in [0.15, 0.2) is 12.1 Å². The number of nitrogens with zero attached hydrogens (tertiary/aromatic N) is 2. The molecule has 15 heavy (non-hydrogen) atoms. The molecule has 1 saturated carbocycles. The fourth-order valence-electron chi connectivity index (χ4n) is 1.49. The van der Waals surface area contributed by atoms with E-state index in [0.29, 0.717) is 5.69 Å². The highest BCUT2D eigenvalue weighted by atomic mass is 16.3. The lowest BCUT2D eigenvalue weighted by Crippen LogP contribution is -2.23. The second-order valence-corrected chi connectivity index (χ2v) is 4.19. The van der Waals surface area contributed by atoms with Gasteiger partial charge in [-0.25, -0.2) is 0 Å². The van der Waals surface area contributed by atoms with Crippen LogP contribution in [0.2, 0.25) is 0 Å². The third-order valence-electron chi connectivity index (χ3n) is 2.69. The summed E-state index contributed by atoms with van der Waals surface area (Å²) in [4.78, 5) is 0. The SMILES string of the molecule is Cc1ccc(C(O)NCCC2CC2)nn1. The highest BCUT2D eigenvalue weighted by Crippen LogP contribution is 2.31. The molecule has 0 saturated heterocycles. The van der Waals surface area contributed by atoms with E-state index in [1.54, 1.807) is 6.07 Å². The predicted octanol–water partition coefficient (Wildman–Crippen LogP) is 1.17. The van der Waals surface area contributed by atoms with E-state index in [-0.39, 0.29) is 0 Å². The summed E-state index contributed by atoms with van der Waals surface area (Å²) in [6.45, 7) is 2.73. The smallest absolute Gasteiger partial charge is 0.149 e. The Bertz CT molecular complexity index is 308. The minimum Gasteiger partial charge on any atom is -0.373 e. The Morgan fingerprint density at radius 2 is 2.27 bits per heavy atom. The topological polar surface area (TPSA) is 58.0 Å². The molecule has 1 aromatic rings. The molecule has 0 amide bonds. The number of aromatic nitrogens is 2. The van der Waals surface area contributed by atoms with Gasteiger partial charge in [0, 0.05) is 0 Å². The molecule has 2 rings (SSSR count). The minimum atomic E-state index is -0.683. The van der Waals surface area contributed by atoms with Gasteiger partial charge in [0.1, 0.15) is 11.9 Å². The number of nitrogens with one attached hydrogen (secondary N) is 1. The number of aliphatic hydroxyl groups excluding tert-OH is 1. The molecule has 4 nitrogen and oxygen atoms in total. The van der Waals surface area contributed by atoms with Crippen LogP contribution in [0.25, 0.3) is 0 Å². The molecule has 82 valence electrons. The lowest BCUT2D eigenvalue weighted by Gasteiger charge is -2.11. The third kappa shape index (κ3) is 3.25. The molecule has 0 aliphatic heterocycles. The number of aryl methyl sites for hydroxylation is 1. The summed E-state index contributed by atoms with van der Waals surface area (Å²) in [7, 11) is 0. The molecule has 1 aliphatic carbocycles. The fourth-order valence-corrected chi connectivity index (χ4v) is 1.49. The van der Waals surface area contributed by atoms with E-state index in [0.717, 1.165) is 24.6 Å². The van der Waals surface area contributed by atoms with Gasteiger partial charge in [0.05, 0.1) is 5.69 Å². The standard InChI is InChI=1S/C11H17N3O/c1-8-2-5-10(14-13-8)11(15)12-7-6-9-3-4-9/h2,5,9,11-12,15H,3-4,6-7H2,1H3. The van der Waals surface area contributed by atoms with Gasteiger partial charge in [0.15, 0.2) is 0 Å². The van der Waals surface area contributed by atoms with Gasteiger partial charge in [-0.15, -0.1) is 0 Å². The summed E-state index contributed by atoms with van der Waals surface area (Å²) in [6, 6.07) is 3.66. The average Bonchev–Trinajstić information content (AvgIpc) is 3.02. The molecule has 1 fully saturated rings. The number of aliphatic hydroxyl groups is 1. The van der Waals surface area contributed by atoms with E-state index < -0.39 is 6.23 Å². The number of hydrogen-bond acceptors (Lipinski definition) is 4. The van der Waals surface area contributed by atoms with E-state index in [2.05, 4.69) is 15.5 Å². The molecule has 1 aromatic heterocycles. The summed E-state index contributed by atoms with van der Waals surface area (Å²) in [5, 5.41) is 20.6. The zero-order valence-electron chi connectivity index (χ0n) is 8.98. The molecule has 0 bridgehead atoms. The van der Waals surface area contributed by atoms with Gasteiger partial charge in [-0.1, -0.05) is 12.8 Å². The Morgan fingerprint density at radius 3 is 2.87 bits per heavy atom. The van der Waals surface area contributed by atoms with Crippen LogP contribution >= 0.6 is 0 Å². The number of rotatable bonds is 5. The second-order valence-electron chi connectivity index (χ2n) is 4.19. The van der Waals surface area contributed by atoms with Gasteiger partial charge in [-0.2, -0.15) is 10.2 Å². The van der Waals surface area contributed by atoms with Crippen LogP contribution in [0.1, 0.15) is 36.9 Å². The van der Waals surface area contributed by atoms with E-state index in [1.807, 2.05) is 13.0 Å². The Hall–Kier alpha value is -1.00. The van der Waals surface area contributed by atoms with Crippen molar-refractivity contribution in [2.75, 3.05) is 6.54 Å². The molecule has 1 atom stereocenters. The van der Waals surface area contributed by atoms with Crippen molar-refractivity contribution in [3.8, 4) is 0 Å². The molecular weight excluding hydrogens is 190 g/mol. The quantitative estimate of drug-likeness (QED) is 0.711. The lowest BCUT2D eigenvalue weighted by atomic mass is 10.2. The van der Waals surface area contributed by atoms with Crippen molar-refractivity contribution in [3.63, 3.8) is 0 Å². The van der Waals surface area contributed by atoms with Crippen molar-refractivity contribution in [1.82, 2.24) is 15.5 Å². The zero-order valence-corrected chi connectivity index (χ0v) is 8.98. The summed E-state index contributed by atoms with van der Waals surface area (Å²) in [6.07, 6.45) is 3.16. The van der Waals surface area contributed by atoms with Crippen LogP contribution in [-0.4, -0.2) is 21.8 Å². The molecule has 2 N–H and O–H groups in total. The molecule has 1 unspecified atom stereocenters. The van der Waals surface area contributed by atoms with Gasteiger partial charge < -0.3 is 5.11 Å². The van der Waals surface area contributed by atoms with Crippen molar-refractivity contribution in [2.24, 2.45) is 5.92 Å². The van der Waals surface area contributed by atoms with Crippen LogP contribution in [-0.2, 0) is 0 Å². The molecule has 0 radical (unpaired) electrons. The van der Waals surface area contributed by atoms with Crippen LogP contribution in [0.3, 0.4) is 0 Å². The van der Waals surface area contributed by atoms with Crippen LogP contribution < -0.4 is 5.32 Å². The molecule has 4 heteroatoms. The first-order chi connectivity index (χ1) is 7.25. The molecular formula is C11H17N3O. The zero-order chi connectivity index (χ0) is 10.7. The monoisotopic (exact) mass is 207 g/mol. The van der Waals surface area contributed by atoms with Crippen molar-refractivity contribution >= 4 is 0 Å². The Labute approximate surface area is 89.7 Å². The summed E-state index contributed by atoms with van der Waals surface area (Å²) >= 11 is 0. The maximum Gasteiger partial charge on any atom is 0.149 e. The highest BCUT2D eigenvalue weighted by molar-refractivity contribution is 5.07. The molecule has 0 spiro atoms. The van der Waals surface area contributed by atoms with Gasteiger partial charge >= 0.3 is 0 Å². The number of hydrogen-bond donors (Lipinski definition) is 2.